The molecule has 0 bridgehead atoms. The Morgan fingerprint density at radius 1 is 1.83 bits per heavy atom. The van der Waals surface area contributed by atoms with Crippen LogP contribution in [0.15, 0.2) is 12.7 Å². The summed E-state index contributed by atoms with van der Waals surface area (Å²) in [6.45, 7) is 3.41. The number of rotatable bonds is 0. The van der Waals surface area contributed by atoms with E-state index in [1.54, 1.807) is 6.08 Å². The zero-order valence-electron chi connectivity index (χ0n) is 3.69. The third-order valence-electron chi connectivity index (χ3n) is 0.263. The van der Waals surface area contributed by atoms with Crippen molar-refractivity contribution in [2.45, 2.75) is 0 Å². The van der Waals surface area contributed by atoms with Crippen LogP contribution in [0.4, 0.5) is 0 Å². The van der Waals surface area contributed by atoms with Gasteiger partial charge < -0.3 is 0 Å². The molecule has 0 atom stereocenters. The Balaban J connectivity index is 3.13. The Kier molecular flexibility index (Phi) is 4.38. The van der Waals surface area contributed by atoms with Crippen LogP contribution >= 0.6 is 11.8 Å². The Bertz CT molecular complexity index is 83.8. The molecule has 1 heteroatoms. The van der Waals surface area contributed by atoms with Crippen molar-refractivity contribution in [2.24, 2.45) is 0 Å². The highest BCUT2D eigenvalue weighted by Gasteiger charge is 1.51. The number of hydrogen-bond acceptors (Lipinski definition) is 1. The van der Waals surface area contributed by atoms with Crippen molar-refractivity contribution in [3.8, 4) is 11.2 Å². The lowest BCUT2D eigenvalue weighted by atomic mass is 10.7. The first-order valence-corrected chi connectivity index (χ1v) is 2.78. The standard InChI is InChI=1S/C5H6S/c1-3-4-5-6-2/h3H,1H2,2H3. The summed E-state index contributed by atoms with van der Waals surface area (Å²) in [6.07, 6.45) is 3.51. The van der Waals surface area contributed by atoms with E-state index in [2.05, 4.69) is 17.8 Å². The highest BCUT2D eigenvalue weighted by atomic mass is 32.2. The molecule has 0 aliphatic heterocycles. The topological polar surface area (TPSA) is 0 Å². The molecule has 0 unspecified atom stereocenters. The second-order valence-electron chi connectivity index (χ2n) is 0.655. The Hall–Kier alpha value is -0.350. The molecule has 0 radical (unpaired) electrons. The average molecular weight is 98.2 g/mol. The van der Waals surface area contributed by atoms with Gasteiger partial charge in [-0.25, -0.2) is 0 Å². The fourth-order valence-electron chi connectivity index (χ4n) is 0.101. The van der Waals surface area contributed by atoms with E-state index in [4.69, 9.17) is 0 Å². The quantitative estimate of drug-likeness (QED) is 0.414. The van der Waals surface area contributed by atoms with Crippen LogP contribution in [-0.2, 0) is 0 Å². The molecule has 0 aliphatic rings. The first kappa shape index (κ1) is 5.65. The van der Waals surface area contributed by atoms with Crippen LogP contribution in [0, 0.1) is 11.2 Å². The van der Waals surface area contributed by atoms with Crippen LogP contribution in [0.5, 0.6) is 0 Å². The lowest BCUT2D eigenvalue weighted by molar-refractivity contribution is 2.32. The van der Waals surface area contributed by atoms with Gasteiger partial charge in [-0.15, -0.1) is 0 Å². The monoisotopic (exact) mass is 98.0 g/mol. The van der Waals surface area contributed by atoms with Gasteiger partial charge in [0.1, 0.15) is 0 Å². The molecule has 0 saturated carbocycles. The molecule has 0 saturated heterocycles. The number of thioether (sulfide) groups is 1. The van der Waals surface area contributed by atoms with E-state index in [0.717, 1.165) is 0 Å². The summed E-state index contributed by atoms with van der Waals surface area (Å²) in [5.41, 5.74) is 0. The molecule has 0 spiro atoms. The summed E-state index contributed by atoms with van der Waals surface area (Å²) >= 11 is 1.49. The molecule has 0 aromatic heterocycles. The van der Waals surface area contributed by atoms with Crippen molar-refractivity contribution in [2.75, 3.05) is 6.26 Å². The molecule has 0 aromatic rings. The van der Waals surface area contributed by atoms with Crippen LogP contribution < -0.4 is 0 Å². The maximum absolute atomic E-state index is 3.41. The predicted molar refractivity (Wildman–Crippen MR) is 31.5 cm³/mol. The van der Waals surface area contributed by atoms with E-state index in [1.165, 1.54) is 11.8 Å². The van der Waals surface area contributed by atoms with E-state index in [9.17, 15) is 0 Å². The molecule has 0 amide bonds. The van der Waals surface area contributed by atoms with Crippen molar-refractivity contribution >= 4 is 11.8 Å². The normalized spacial score (nSPS) is 5.50. The third kappa shape index (κ3) is 3.65. The third-order valence-corrected chi connectivity index (χ3v) is 0.585. The van der Waals surface area contributed by atoms with Gasteiger partial charge in [-0.2, -0.15) is 0 Å². The SMILES string of the molecule is C=CC#CSC. The van der Waals surface area contributed by atoms with Gasteiger partial charge in [0.15, 0.2) is 0 Å². The summed E-state index contributed by atoms with van der Waals surface area (Å²) < 4.78 is 0. The highest BCUT2D eigenvalue weighted by Crippen LogP contribution is 1.81. The summed E-state index contributed by atoms with van der Waals surface area (Å²) in [5, 5.41) is 2.75. The van der Waals surface area contributed by atoms with E-state index in [1.807, 2.05) is 6.26 Å². The Morgan fingerprint density at radius 3 is 2.67 bits per heavy atom. The molecular weight excluding hydrogens is 92.1 g/mol. The van der Waals surface area contributed by atoms with Crippen LogP contribution in [0.1, 0.15) is 0 Å². The maximum atomic E-state index is 3.41. The van der Waals surface area contributed by atoms with Gasteiger partial charge in [0.2, 0.25) is 0 Å². The van der Waals surface area contributed by atoms with Crippen molar-refractivity contribution in [1.29, 1.82) is 0 Å². The highest BCUT2D eigenvalue weighted by molar-refractivity contribution is 8.03. The van der Waals surface area contributed by atoms with Gasteiger partial charge in [0, 0.05) is 0 Å². The van der Waals surface area contributed by atoms with Crippen molar-refractivity contribution in [3.05, 3.63) is 12.7 Å². The number of hydrogen-bond donors (Lipinski definition) is 0. The van der Waals surface area contributed by atoms with E-state index >= 15 is 0 Å². The first-order valence-electron chi connectivity index (χ1n) is 1.56. The molecular formula is C5H6S. The van der Waals surface area contributed by atoms with Gasteiger partial charge in [-0.05, 0) is 17.6 Å². The Labute approximate surface area is 42.6 Å². The van der Waals surface area contributed by atoms with Crippen molar-refractivity contribution < 1.29 is 0 Å². The molecule has 0 aromatic carbocycles. The molecule has 0 fully saturated rings. The second-order valence-corrected chi connectivity index (χ2v) is 1.27. The molecule has 32 valence electrons. The predicted octanol–water partition coefficient (Wildman–Crippen LogP) is 1.50. The summed E-state index contributed by atoms with van der Waals surface area (Å²) in [4.78, 5) is 0. The minimum Gasteiger partial charge on any atom is -0.0906 e. The zero-order valence-corrected chi connectivity index (χ0v) is 4.51. The minimum atomic E-state index is 1.49. The summed E-state index contributed by atoms with van der Waals surface area (Å²) in [5.74, 6) is 2.67. The molecule has 0 N–H and O–H groups in total. The van der Waals surface area contributed by atoms with Crippen molar-refractivity contribution in [3.63, 3.8) is 0 Å². The molecule has 6 heavy (non-hydrogen) atoms. The average Bonchev–Trinajstić information content (AvgIpc) is 1.61. The smallest absolute Gasteiger partial charge is 0.00592 e. The zero-order chi connectivity index (χ0) is 4.83. The van der Waals surface area contributed by atoms with Gasteiger partial charge in [-0.3, -0.25) is 0 Å². The maximum Gasteiger partial charge on any atom is -0.00592 e. The second kappa shape index (κ2) is 4.65. The summed E-state index contributed by atoms with van der Waals surface area (Å²) in [7, 11) is 0. The largest absolute Gasteiger partial charge is 0.0906 e. The van der Waals surface area contributed by atoms with E-state index in [0.29, 0.717) is 0 Å². The fraction of sp³-hybridized carbons (Fsp3) is 0.200. The molecule has 0 aliphatic carbocycles. The minimum absolute atomic E-state index is 1.49. The van der Waals surface area contributed by atoms with Crippen LogP contribution in [0.3, 0.4) is 0 Å². The molecule has 0 rings (SSSR count). The van der Waals surface area contributed by atoms with Crippen LogP contribution in [0.25, 0.3) is 0 Å². The number of allylic oxidation sites excluding steroid dienone is 1. The van der Waals surface area contributed by atoms with Crippen molar-refractivity contribution in [1.82, 2.24) is 0 Å². The first-order chi connectivity index (χ1) is 2.91. The van der Waals surface area contributed by atoms with Crippen LogP contribution in [-0.4, -0.2) is 6.26 Å². The fourth-order valence-corrected chi connectivity index (χ4v) is 0.302. The van der Waals surface area contributed by atoms with Gasteiger partial charge in [0.05, 0.1) is 0 Å². The Morgan fingerprint density at radius 2 is 2.50 bits per heavy atom. The lowest BCUT2D eigenvalue weighted by Crippen LogP contribution is -1.40. The molecule has 0 heterocycles. The van der Waals surface area contributed by atoms with E-state index < -0.39 is 0 Å². The van der Waals surface area contributed by atoms with E-state index in [-0.39, 0.29) is 0 Å². The lowest BCUT2D eigenvalue weighted by Gasteiger charge is -1.60. The van der Waals surface area contributed by atoms with Gasteiger partial charge in [0.25, 0.3) is 0 Å². The van der Waals surface area contributed by atoms with Gasteiger partial charge in [-0.1, -0.05) is 24.3 Å². The van der Waals surface area contributed by atoms with Crippen LogP contribution in [0.2, 0.25) is 0 Å². The van der Waals surface area contributed by atoms with Gasteiger partial charge >= 0.3 is 0 Å². The summed E-state index contributed by atoms with van der Waals surface area (Å²) in [6, 6.07) is 0. The molecule has 0 nitrogen and oxygen atoms in total.